The van der Waals surface area contributed by atoms with Gasteiger partial charge in [0.1, 0.15) is 0 Å². The predicted molar refractivity (Wildman–Crippen MR) is 74.1 cm³/mol. The molecule has 0 saturated heterocycles. The van der Waals surface area contributed by atoms with Gasteiger partial charge >= 0.3 is 0 Å². The summed E-state index contributed by atoms with van der Waals surface area (Å²) < 4.78 is 0. The van der Waals surface area contributed by atoms with Crippen LogP contribution in [0, 0.1) is 11.3 Å². The monoisotopic (exact) mass is 252 g/mol. The quantitative estimate of drug-likeness (QED) is 0.839. The molecule has 0 unspecified atom stereocenters. The maximum atomic E-state index is 12.7. The van der Waals surface area contributed by atoms with Gasteiger partial charge in [-0.05, 0) is 44.4 Å². The molecule has 2 rings (SSSR count). The average Bonchev–Trinajstić information content (AvgIpc) is 2.88. The van der Waals surface area contributed by atoms with Crippen LogP contribution in [0.15, 0.2) is 0 Å². The Bertz CT molecular complexity index is 289. The van der Waals surface area contributed by atoms with Crippen molar-refractivity contribution in [1.29, 1.82) is 0 Å². The molecule has 2 N–H and O–H groups in total. The maximum Gasteiger partial charge on any atom is 0.230 e. The first kappa shape index (κ1) is 13.9. The zero-order valence-electron chi connectivity index (χ0n) is 12.0. The normalized spacial score (nSPS) is 31.3. The van der Waals surface area contributed by atoms with E-state index in [9.17, 15) is 4.79 Å². The fraction of sp³-hybridized carbons (Fsp3) is 0.933. The summed E-state index contributed by atoms with van der Waals surface area (Å²) in [5.74, 6) is 1.15. The van der Waals surface area contributed by atoms with Crippen LogP contribution in [-0.2, 0) is 4.79 Å². The molecule has 3 heteroatoms. The van der Waals surface area contributed by atoms with E-state index < -0.39 is 0 Å². The lowest BCUT2D eigenvalue weighted by molar-refractivity contribution is -0.143. The molecule has 0 radical (unpaired) electrons. The molecular weight excluding hydrogens is 224 g/mol. The number of nitrogens with zero attached hydrogens (tertiary/aromatic N) is 1. The van der Waals surface area contributed by atoms with Crippen molar-refractivity contribution < 1.29 is 4.79 Å². The number of rotatable bonds is 3. The minimum Gasteiger partial charge on any atom is -0.342 e. The number of carbonyl (C=O) groups is 1. The summed E-state index contributed by atoms with van der Waals surface area (Å²) in [5, 5.41) is 0. The third kappa shape index (κ3) is 2.56. The Morgan fingerprint density at radius 1 is 1.22 bits per heavy atom. The van der Waals surface area contributed by atoms with Gasteiger partial charge in [0.2, 0.25) is 5.91 Å². The molecule has 2 aliphatic carbocycles. The molecule has 0 heterocycles. The first-order valence-electron chi connectivity index (χ1n) is 7.56. The highest BCUT2D eigenvalue weighted by molar-refractivity contribution is 5.83. The summed E-state index contributed by atoms with van der Waals surface area (Å²) >= 11 is 0. The number of hydrogen-bond acceptors (Lipinski definition) is 2. The second kappa shape index (κ2) is 5.60. The van der Waals surface area contributed by atoms with E-state index in [0.29, 0.717) is 18.5 Å². The van der Waals surface area contributed by atoms with E-state index in [1.165, 1.54) is 38.5 Å². The second-order valence-electron chi connectivity index (χ2n) is 6.52. The minimum absolute atomic E-state index is 0.224. The molecule has 2 fully saturated rings. The number of nitrogens with two attached hydrogens (primary N) is 1. The van der Waals surface area contributed by atoms with E-state index in [4.69, 9.17) is 5.73 Å². The number of hydrogen-bond donors (Lipinski definition) is 1. The van der Waals surface area contributed by atoms with E-state index >= 15 is 0 Å². The summed E-state index contributed by atoms with van der Waals surface area (Å²) in [7, 11) is 2.00. The van der Waals surface area contributed by atoms with Crippen LogP contribution < -0.4 is 5.73 Å². The molecule has 0 atom stereocenters. The first-order chi connectivity index (χ1) is 8.59. The third-order valence-electron chi connectivity index (χ3n) is 5.26. The van der Waals surface area contributed by atoms with Gasteiger partial charge in [0.25, 0.3) is 0 Å². The summed E-state index contributed by atoms with van der Waals surface area (Å²) in [6.07, 6.45) is 9.19. The molecule has 18 heavy (non-hydrogen) atoms. The SMILES string of the molecule is CC1CCC(N(C)C(=O)C2(CN)CCCC2)CC1. The lowest BCUT2D eigenvalue weighted by Gasteiger charge is -2.38. The van der Waals surface area contributed by atoms with E-state index in [0.717, 1.165) is 18.8 Å². The van der Waals surface area contributed by atoms with Gasteiger partial charge in [-0.15, -0.1) is 0 Å². The summed E-state index contributed by atoms with van der Waals surface area (Å²) in [4.78, 5) is 14.8. The lowest BCUT2D eigenvalue weighted by Crippen LogP contribution is -2.49. The second-order valence-corrected chi connectivity index (χ2v) is 6.52. The van der Waals surface area contributed by atoms with Gasteiger partial charge in [0, 0.05) is 19.6 Å². The molecule has 3 nitrogen and oxygen atoms in total. The Hall–Kier alpha value is -0.570. The smallest absolute Gasteiger partial charge is 0.230 e. The van der Waals surface area contributed by atoms with Gasteiger partial charge in [-0.25, -0.2) is 0 Å². The van der Waals surface area contributed by atoms with E-state index in [2.05, 4.69) is 6.92 Å². The van der Waals surface area contributed by atoms with Crippen LogP contribution in [0.1, 0.15) is 58.3 Å². The molecule has 104 valence electrons. The van der Waals surface area contributed by atoms with Gasteiger partial charge in [-0.3, -0.25) is 4.79 Å². The zero-order valence-corrected chi connectivity index (χ0v) is 12.0. The van der Waals surface area contributed by atoms with Gasteiger partial charge in [-0.1, -0.05) is 19.8 Å². The number of carbonyl (C=O) groups excluding carboxylic acids is 1. The van der Waals surface area contributed by atoms with Crippen molar-refractivity contribution >= 4 is 5.91 Å². The van der Waals surface area contributed by atoms with Crippen molar-refractivity contribution in [3.63, 3.8) is 0 Å². The van der Waals surface area contributed by atoms with Gasteiger partial charge in [-0.2, -0.15) is 0 Å². The molecule has 0 aromatic rings. The van der Waals surface area contributed by atoms with Crippen molar-refractivity contribution in [2.24, 2.45) is 17.1 Å². The Kier molecular flexibility index (Phi) is 4.31. The van der Waals surface area contributed by atoms with Crippen molar-refractivity contribution in [2.45, 2.75) is 64.3 Å². The molecule has 1 amide bonds. The van der Waals surface area contributed by atoms with Crippen LogP contribution in [0.5, 0.6) is 0 Å². The van der Waals surface area contributed by atoms with Crippen molar-refractivity contribution in [1.82, 2.24) is 4.90 Å². The molecule has 0 spiro atoms. The molecule has 0 aromatic heterocycles. The van der Waals surface area contributed by atoms with Crippen LogP contribution in [0.3, 0.4) is 0 Å². The third-order valence-corrected chi connectivity index (χ3v) is 5.26. The van der Waals surface area contributed by atoms with Crippen LogP contribution in [-0.4, -0.2) is 30.4 Å². The largest absolute Gasteiger partial charge is 0.342 e. The topological polar surface area (TPSA) is 46.3 Å². The van der Waals surface area contributed by atoms with Crippen molar-refractivity contribution in [3.8, 4) is 0 Å². The molecule has 2 saturated carbocycles. The van der Waals surface area contributed by atoms with Crippen molar-refractivity contribution in [3.05, 3.63) is 0 Å². The van der Waals surface area contributed by atoms with Crippen LogP contribution in [0.4, 0.5) is 0 Å². The summed E-state index contributed by atoms with van der Waals surface area (Å²) in [6.45, 7) is 2.84. The van der Waals surface area contributed by atoms with E-state index in [1.807, 2.05) is 11.9 Å². The molecular formula is C15H28N2O. The average molecular weight is 252 g/mol. The van der Waals surface area contributed by atoms with Gasteiger partial charge < -0.3 is 10.6 Å². The molecule has 2 aliphatic rings. The Morgan fingerprint density at radius 3 is 2.28 bits per heavy atom. The lowest BCUT2D eigenvalue weighted by atomic mass is 9.82. The Balaban J connectivity index is 1.99. The Morgan fingerprint density at radius 2 is 1.78 bits per heavy atom. The van der Waals surface area contributed by atoms with Crippen LogP contribution >= 0.6 is 0 Å². The van der Waals surface area contributed by atoms with Gasteiger partial charge in [0.15, 0.2) is 0 Å². The fourth-order valence-corrected chi connectivity index (χ4v) is 3.73. The van der Waals surface area contributed by atoms with Crippen LogP contribution in [0.25, 0.3) is 0 Å². The molecule has 0 bridgehead atoms. The molecule has 0 aromatic carbocycles. The highest BCUT2D eigenvalue weighted by Gasteiger charge is 2.43. The highest BCUT2D eigenvalue weighted by Crippen LogP contribution is 2.40. The summed E-state index contributed by atoms with van der Waals surface area (Å²) in [6, 6.07) is 0.456. The minimum atomic E-state index is -0.224. The standard InChI is InChI=1S/C15H28N2O/c1-12-5-7-13(8-6-12)17(2)14(18)15(11-16)9-3-4-10-15/h12-13H,3-11,16H2,1-2H3. The number of amides is 1. The molecule has 0 aliphatic heterocycles. The predicted octanol–water partition coefficient (Wildman–Crippen LogP) is 2.54. The van der Waals surface area contributed by atoms with Crippen LogP contribution in [0.2, 0.25) is 0 Å². The highest BCUT2D eigenvalue weighted by atomic mass is 16.2. The van der Waals surface area contributed by atoms with E-state index in [1.54, 1.807) is 0 Å². The van der Waals surface area contributed by atoms with E-state index in [-0.39, 0.29) is 5.41 Å². The zero-order chi connectivity index (χ0) is 13.2. The fourth-order valence-electron chi connectivity index (χ4n) is 3.73. The van der Waals surface area contributed by atoms with Crippen molar-refractivity contribution in [2.75, 3.05) is 13.6 Å². The summed E-state index contributed by atoms with van der Waals surface area (Å²) in [5.41, 5.74) is 5.69. The maximum absolute atomic E-state index is 12.7. The van der Waals surface area contributed by atoms with Gasteiger partial charge in [0.05, 0.1) is 5.41 Å². The Labute approximate surface area is 111 Å². The first-order valence-corrected chi connectivity index (χ1v) is 7.56.